The van der Waals surface area contributed by atoms with Crippen LogP contribution in [-0.2, 0) is 20.7 Å². The highest BCUT2D eigenvalue weighted by molar-refractivity contribution is 5.93. The molecule has 0 saturated carbocycles. The predicted octanol–water partition coefficient (Wildman–Crippen LogP) is 4.17. The average Bonchev–Trinajstić information content (AvgIpc) is 3.02. The third-order valence-corrected chi connectivity index (χ3v) is 5.45. The normalized spacial score (nSPS) is 26.1. The van der Waals surface area contributed by atoms with Gasteiger partial charge in [0, 0.05) is 18.1 Å². The number of methoxy groups -OCH3 is 1. The van der Waals surface area contributed by atoms with Gasteiger partial charge in [0.25, 0.3) is 0 Å². The van der Waals surface area contributed by atoms with E-state index in [1.54, 1.807) is 0 Å². The zero-order chi connectivity index (χ0) is 18.9. The van der Waals surface area contributed by atoms with Crippen LogP contribution in [0.3, 0.4) is 0 Å². The van der Waals surface area contributed by atoms with Gasteiger partial charge in [0.15, 0.2) is 24.1 Å². The molecule has 3 rings (SSSR count). The first-order valence-corrected chi connectivity index (χ1v) is 8.96. The van der Waals surface area contributed by atoms with Crippen LogP contribution >= 0.6 is 0 Å². The summed E-state index contributed by atoms with van der Waals surface area (Å²) in [7, 11) is 1.30. The zero-order valence-electron chi connectivity index (χ0n) is 15.3. The summed E-state index contributed by atoms with van der Waals surface area (Å²) in [5.74, 6) is -1.00. The maximum Gasteiger partial charge on any atom is 0.189 e. The Kier molecular flexibility index (Phi) is 5.32. The Hall–Kier alpha value is -1.95. The number of allylic oxidation sites excluding steroid dienone is 1. The number of ketones is 1. The SMILES string of the molecule is CCC[C@@H]1C[C@@]2(C(C)Cc3cc(F)c(OC)cc3F)OCOC2=CC1=O. The van der Waals surface area contributed by atoms with Crippen LogP contribution in [0.25, 0.3) is 0 Å². The Morgan fingerprint density at radius 1 is 1.35 bits per heavy atom. The number of carbonyl (C=O) groups excluding carboxylic acids is 1. The largest absolute Gasteiger partial charge is 0.494 e. The molecule has 1 aliphatic heterocycles. The minimum absolute atomic E-state index is 0.0526. The van der Waals surface area contributed by atoms with Crippen LogP contribution in [0.5, 0.6) is 5.75 Å². The van der Waals surface area contributed by atoms with E-state index in [-0.39, 0.29) is 42.1 Å². The third kappa shape index (κ3) is 3.22. The molecule has 3 atom stereocenters. The van der Waals surface area contributed by atoms with Crippen molar-refractivity contribution in [3.8, 4) is 5.75 Å². The van der Waals surface area contributed by atoms with Gasteiger partial charge >= 0.3 is 0 Å². The van der Waals surface area contributed by atoms with Crippen LogP contribution in [0, 0.1) is 23.5 Å². The third-order valence-electron chi connectivity index (χ3n) is 5.45. The van der Waals surface area contributed by atoms with Crippen LogP contribution in [0.15, 0.2) is 24.0 Å². The summed E-state index contributed by atoms with van der Waals surface area (Å²) < 4.78 is 44.6. The van der Waals surface area contributed by atoms with Crippen molar-refractivity contribution in [1.29, 1.82) is 0 Å². The van der Waals surface area contributed by atoms with Gasteiger partial charge in [-0.25, -0.2) is 8.78 Å². The van der Waals surface area contributed by atoms with E-state index < -0.39 is 17.2 Å². The molecular formula is C20H24F2O4. The van der Waals surface area contributed by atoms with Gasteiger partial charge in [-0.15, -0.1) is 0 Å². The van der Waals surface area contributed by atoms with Gasteiger partial charge in [0.2, 0.25) is 0 Å². The summed E-state index contributed by atoms with van der Waals surface area (Å²) in [6, 6.07) is 2.22. The monoisotopic (exact) mass is 366 g/mol. The van der Waals surface area contributed by atoms with Crippen LogP contribution in [0.2, 0.25) is 0 Å². The van der Waals surface area contributed by atoms with Crippen molar-refractivity contribution < 1.29 is 27.8 Å². The highest BCUT2D eigenvalue weighted by Gasteiger charge is 2.51. The molecule has 0 bridgehead atoms. The van der Waals surface area contributed by atoms with Gasteiger partial charge in [0.1, 0.15) is 17.2 Å². The minimum atomic E-state index is -0.767. The number of halogens is 2. The lowest BCUT2D eigenvalue weighted by Gasteiger charge is -2.38. The van der Waals surface area contributed by atoms with Crippen LogP contribution in [0.4, 0.5) is 8.78 Å². The van der Waals surface area contributed by atoms with E-state index in [2.05, 4.69) is 0 Å². The molecule has 1 aromatic rings. The summed E-state index contributed by atoms with van der Waals surface area (Å²) in [5, 5.41) is 0. The molecule has 0 spiro atoms. The van der Waals surface area contributed by atoms with Crippen molar-refractivity contribution in [2.75, 3.05) is 13.9 Å². The first-order chi connectivity index (χ1) is 12.4. The van der Waals surface area contributed by atoms with Crippen LogP contribution in [0.1, 0.15) is 38.7 Å². The zero-order valence-corrected chi connectivity index (χ0v) is 15.3. The standard InChI is InChI=1S/C20H24F2O4/c1-4-5-13-10-20(19(9-17(13)23)25-11-26-20)12(2)6-14-7-16(22)18(24-3)8-15(14)21/h7-9,12-13H,4-6,10-11H2,1-3H3/t12?,13-,20+/m1/s1. The number of hydrogen-bond acceptors (Lipinski definition) is 4. The van der Waals surface area contributed by atoms with E-state index in [0.717, 1.165) is 25.0 Å². The van der Waals surface area contributed by atoms with E-state index >= 15 is 0 Å². The summed E-state index contributed by atoms with van der Waals surface area (Å²) in [4.78, 5) is 12.3. The molecule has 2 aliphatic rings. The molecule has 0 aromatic heterocycles. The molecule has 1 aliphatic carbocycles. The van der Waals surface area contributed by atoms with E-state index in [1.165, 1.54) is 13.2 Å². The Balaban J connectivity index is 1.88. The lowest BCUT2D eigenvalue weighted by atomic mass is 9.71. The molecule has 4 nitrogen and oxygen atoms in total. The second-order valence-corrected chi connectivity index (χ2v) is 7.08. The smallest absolute Gasteiger partial charge is 0.189 e. The van der Waals surface area contributed by atoms with E-state index in [1.807, 2.05) is 13.8 Å². The molecule has 0 amide bonds. The lowest BCUT2D eigenvalue weighted by Crippen LogP contribution is -2.45. The average molecular weight is 366 g/mol. The van der Waals surface area contributed by atoms with Gasteiger partial charge < -0.3 is 14.2 Å². The topological polar surface area (TPSA) is 44.8 Å². The maximum atomic E-state index is 14.4. The van der Waals surface area contributed by atoms with Crippen molar-refractivity contribution in [3.05, 3.63) is 41.2 Å². The summed E-state index contributed by atoms with van der Waals surface area (Å²) in [5.41, 5.74) is -0.514. The van der Waals surface area contributed by atoms with Crippen molar-refractivity contribution in [3.63, 3.8) is 0 Å². The molecule has 1 saturated heterocycles. The fraction of sp³-hybridized carbons (Fsp3) is 0.550. The molecule has 0 N–H and O–H groups in total. The number of benzene rings is 1. The Labute approximate surface area is 152 Å². The van der Waals surface area contributed by atoms with E-state index in [9.17, 15) is 13.6 Å². The lowest BCUT2D eigenvalue weighted by molar-refractivity contribution is -0.123. The number of rotatable bonds is 6. The maximum absolute atomic E-state index is 14.4. The van der Waals surface area contributed by atoms with Gasteiger partial charge in [-0.1, -0.05) is 20.3 Å². The number of ether oxygens (including phenoxy) is 3. The van der Waals surface area contributed by atoms with Crippen molar-refractivity contribution in [2.45, 2.75) is 45.1 Å². The number of carbonyl (C=O) groups is 1. The summed E-state index contributed by atoms with van der Waals surface area (Å²) >= 11 is 0. The summed E-state index contributed by atoms with van der Waals surface area (Å²) in [6.45, 7) is 4.02. The molecular weight excluding hydrogens is 342 g/mol. The minimum Gasteiger partial charge on any atom is -0.494 e. The van der Waals surface area contributed by atoms with Crippen molar-refractivity contribution in [2.24, 2.45) is 11.8 Å². The Bertz CT molecular complexity index is 731. The van der Waals surface area contributed by atoms with Crippen molar-refractivity contribution in [1.82, 2.24) is 0 Å². The molecule has 142 valence electrons. The molecule has 0 radical (unpaired) electrons. The highest BCUT2D eigenvalue weighted by atomic mass is 19.1. The fourth-order valence-corrected chi connectivity index (χ4v) is 3.98. The van der Waals surface area contributed by atoms with Crippen molar-refractivity contribution >= 4 is 5.78 Å². The molecule has 1 aromatic carbocycles. The molecule has 1 heterocycles. The Morgan fingerprint density at radius 2 is 2.12 bits per heavy atom. The quantitative estimate of drug-likeness (QED) is 0.758. The Morgan fingerprint density at radius 3 is 2.81 bits per heavy atom. The molecule has 1 unspecified atom stereocenters. The van der Waals surface area contributed by atoms with E-state index in [0.29, 0.717) is 12.2 Å². The van der Waals surface area contributed by atoms with Gasteiger partial charge in [-0.05, 0) is 36.8 Å². The van der Waals surface area contributed by atoms with Crippen LogP contribution < -0.4 is 4.74 Å². The van der Waals surface area contributed by atoms with Crippen LogP contribution in [-0.4, -0.2) is 25.3 Å². The molecule has 1 fully saturated rings. The fourth-order valence-electron chi connectivity index (χ4n) is 3.98. The second-order valence-electron chi connectivity index (χ2n) is 7.08. The predicted molar refractivity (Wildman–Crippen MR) is 91.7 cm³/mol. The highest BCUT2D eigenvalue weighted by Crippen LogP contribution is 2.46. The molecule has 26 heavy (non-hydrogen) atoms. The van der Waals surface area contributed by atoms with E-state index in [4.69, 9.17) is 14.2 Å². The molecule has 6 heteroatoms. The first-order valence-electron chi connectivity index (χ1n) is 8.96. The van der Waals surface area contributed by atoms with Gasteiger partial charge in [0.05, 0.1) is 7.11 Å². The number of fused-ring (bicyclic) bond motifs is 1. The van der Waals surface area contributed by atoms with Gasteiger partial charge in [-0.3, -0.25) is 4.79 Å². The second kappa shape index (κ2) is 7.35. The first kappa shape index (κ1) is 18.8. The van der Waals surface area contributed by atoms with Gasteiger partial charge in [-0.2, -0.15) is 0 Å². The summed E-state index contributed by atoms with van der Waals surface area (Å²) in [6.07, 6.45) is 3.96. The number of hydrogen-bond donors (Lipinski definition) is 0.